The second-order valence-corrected chi connectivity index (χ2v) is 4.29. The van der Waals surface area contributed by atoms with Crippen molar-refractivity contribution < 1.29 is 29.1 Å². The number of Topliss-reactive ketones (excluding diaryl/α,β-unsaturated/α-hetero) is 1. The van der Waals surface area contributed by atoms with Gasteiger partial charge in [0.25, 0.3) is 0 Å². The second kappa shape index (κ2) is 8.48. The molecule has 0 atom stereocenters. The van der Waals surface area contributed by atoms with Crippen LogP contribution in [-0.2, 0) is 25.5 Å². The van der Waals surface area contributed by atoms with Gasteiger partial charge in [-0.1, -0.05) is 6.07 Å². The number of benzene rings is 1. The van der Waals surface area contributed by atoms with Crippen LogP contribution in [0.4, 0.5) is 5.69 Å². The summed E-state index contributed by atoms with van der Waals surface area (Å²) in [6.45, 7) is 0. The summed E-state index contributed by atoms with van der Waals surface area (Å²) in [5.74, 6) is -2.22. The number of rotatable bonds is 8. The Labute approximate surface area is 126 Å². The highest BCUT2D eigenvalue weighted by atomic mass is 16.5. The van der Waals surface area contributed by atoms with Crippen LogP contribution in [0.15, 0.2) is 30.4 Å². The van der Waals surface area contributed by atoms with Crippen LogP contribution < -0.4 is 5.48 Å². The molecule has 0 saturated heterocycles. The molecule has 0 aromatic heterocycles. The molecule has 1 aromatic rings. The number of hydrogen-bond donors (Lipinski definition) is 2. The maximum Gasteiger partial charge on any atom is 0.330 e. The number of carbonyl (C=O) groups excluding carboxylic acids is 4. The minimum atomic E-state index is -0.813. The molecular formula is C15H15NO6. The summed E-state index contributed by atoms with van der Waals surface area (Å²) in [4.78, 5) is 44.9. The standard InChI is InChI=1S/C15H15NO6/c1-22-15(20)7-6-14(19)13(18)5-3-10-2-4-12(16-21)8-11(10)9-17/h2,4,6-9,16,21H,3,5H2,1H3/b7-6+. The monoisotopic (exact) mass is 305 g/mol. The van der Waals surface area contributed by atoms with Crippen molar-refractivity contribution >= 4 is 29.5 Å². The van der Waals surface area contributed by atoms with Gasteiger partial charge in [0.1, 0.15) is 6.29 Å². The number of anilines is 1. The van der Waals surface area contributed by atoms with Crippen LogP contribution in [0.1, 0.15) is 22.3 Å². The Hall–Kier alpha value is -2.80. The molecule has 0 bridgehead atoms. The Morgan fingerprint density at radius 2 is 2.00 bits per heavy atom. The lowest BCUT2D eigenvalue weighted by Gasteiger charge is -2.06. The first-order valence-electron chi connectivity index (χ1n) is 6.33. The number of allylic oxidation sites excluding steroid dienone is 1. The van der Waals surface area contributed by atoms with Gasteiger partial charge in [0.15, 0.2) is 0 Å². The van der Waals surface area contributed by atoms with Gasteiger partial charge >= 0.3 is 5.97 Å². The molecule has 116 valence electrons. The third kappa shape index (κ3) is 4.95. The van der Waals surface area contributed by atoms with Crippen molar-refractivity contribution in [3.63, 3.8) is 0 Å². The highest BCUT2D eigenvalue weighted by Crippen LogP contribution is 2.15. The Kier molecular flexibility index (Phi) is 6.65. The highest BCUT2D eigenvalue weighted by molar-refractivity contribution is 6.42. The molecule has 0 aliphatic rings. The van der Waals surface area contributed by atoms with E-state index in [1.165, 1.54) is 12.1 Å². The Morgan fingerprint density at radius 3 is 2.59 bits per heavy atom. The first kappa shape index (κ1) is 17.3. The van der Waals surface area contributed by atoms with E-state index in [0.29, 0.717) is 23.1 Å². The van der Waals surface area contributed by atoms with E-state index in [2.05, 4.69) is 4.74 Å². The van der Waals surface area contributed by atoms with E-state index in [-0.39, 0.29) is 12.8 Å². The summed E-state index contributed by atoms with van der Waals surface area (Å²) in [7, 11) is 1.16. The number of hydrogen-bond acceptors (Lipinski definition) is 7. The fraction of sp³-hybridized carbons (Fsp3) is 0.200. The van der Waals surface area contributed by atoms with E-state index in [1.807, 2.05) is 5.48 Å². The number of ether oxygens (including phenoxy) is 1. The topological polar surface area (TPSA) is 110 Å². The van der Waals surface area contributed by atoms with Crippen molar-refractivity contribution in [3.8, 4) is 0 Å². The van der Waals surface area contributed by atoms with Crippen molar-refractivity contribution in [3.05, 3.63) is 41.5 Å². The Morgan fingerprint density at radius 1 is 1.27 bits per heavy atom. The molecule has 7 heteroatoms. The number of nitrogens with one attached hydrogen (secondary N) is 1. The van der Waals surface area contributed by atoms with E-state index in [4.69, 9.17) is 5.21 Å². The number of esters is 1. The molecule has 22 heavy (non-hydrogen) atoms. The first-order valence-corrected chi connectivity index (χ1v) is 6.33. The zero-order chi connectivity index (χ0) is 16.5. The predicted molar refractivity (Wildman–Crippen MR) is 76.7 cm³/mol. The van der Waals surface area contributed by atoms with E-state index >= 15 is 0 Å². The van der Waals surface area contributed by atoms with E-state index in [9.17, 15) is 19.2 Å². The molecule has 1 rings (SSSR count). The van der Waals surface area contributed by atoms with Crippen LogP contribution in [0.5, 0.6) is 0 Å². The van der Waals surface area contributed by atoms with Gasteiger partial charge < -0.3 is 4.74 Å². The lowest BCUT2D eigenvalue weighted by molar-refractivity contribution is -0.135. The molecule has 0 amide bonds. The van der Waals surface area contributed by atoms with Crippen molar-refractivity contribution in [2.24, 2.45) is 0 Å². The van der Waals surface area contributed by atoms with E-state index in [1.54, 1.807) is 6.07 Å². The zero-order valence-corrected chi connectivity index (χ0v) is 11.9. The van der Waals surface area contributed by atoms with Gasteiger partial charge in [0, 0.05) is 18.1 Å². The smallest absolute Gasteiger partial charge is 0.330 e. The maximum absolute atomic E-state index is 11.6. The van der Waals surface area contributed by atoms with Crippen LogP contribution in [0.2, 0.25) is 0 Å². The summed E-state index contributed by atoms with van der Waals surface area (Å²) in [5, 5.41) is 8.75. The zero-order valence-electron chi connectivity index (χ0n) is 11.9. The lowest BCUT2D eigenvalue weighted by Crippen LogP contribution is -2.13. The number of methoxy groups -OCH3 is 1. The summed E-state index contributed by atoms with van der Waals surface area (Å²) < 4.78 is 4.31. The van der Waals surface area contributed by atoms with Crippen molar-refractivity contribution in [2.45, 2.75) is 12.8 Å². The average Bonchev–Trinajstić information content (AvgIpc) is 2.56. The van der Waals surface area contributed by atoms with Crippen LogP contribution in [0.3, 0.4) is 0 Å². The van der Waals surface area contributed by atoms with E-state index in [0.717, 1.165) is 19.3 Å². The Balaban J connectivity index is 2.68. The fourth-order valence-corrected chi connectivity index (χ4v) is 1.68. The summed E-state index contributed by atoms with van der Waals surface area (Å²) in [6, 6.07) is 4.53. The highest BCUT2D eigenvalue weighted by Gasteiger charge is 2.12. The average molecular weight is 305 g/mol. The van der Waals surface area contributed by atoms with Crippen molar-refractivity contribution in [1.29, 1.82) is 0 Å². The minimum Gasteiger partial charge on any atom is -0.466 e. The normalized spacial score (nSPS) is 10.3. The minimum absolute atomic E-state index is 0.100. The third-order valence-electron chi connectivity index (χ3n) is 2.87. The molecule has 0 radical (unpaired) electrons. The SMILES string of the molecule is COC(=O)/C=C/C(=O)C(=O)CCc1ccc(NO)cc1C=O. The van der Waals surface area contributed by atoms with Crippen LogP contribution in [0, 0.1) is 0 Å². The molecule has 0 heterocycles. The number of ketones is 2. The third-order valence-corrected chi connectivity index (χ3v) is 2.87. The van der Waals surface area contributed by atoms with E-state index < -0.39 is 17.5 Å². The number of aldehydes is 1. The molecule has 2 N–H and O–H groups in total. The van der Waals surface area contributed by atoms with Gasteiger partial charge in [0.2, 0.25) is 11.6 Å². The second-order valence-electron chi connectivity index (χ2n) is 4.29. The van der Waals surface area contributed by atoms with Gasteiger partial charge in [-0.2, -0.15) is 0 Å². The molecule has 0 aliphatic carbocycles. The first-order chi connectivity index (χ1) is 10.5. The molecule has 0 fully saturated rings. The number of aryl methyl sites for hydroxylation is 1. The van der Waals surface area contributed by atoms with Gasteiger partial charge in [-0.25, -0.2) is 4.79 Å². The lowest BCUT2D eigenvalue weighted by atomic mass is 10.0. The maximum atomic E-state index is 11.6. The van der Waals surface area contributed by atoms with Gasteiger partial charge in [-0.15, -0.1) is 0 Å². The van der Waals surface area contributed by atoms with Crippen LogP contribution in [-0.4, -0.2) is 36.1 Å². The summed E-state index contributed by atoms with van der Waals surface area (Å²) >= 11 is 0. The molecule has 0 saturated carbocycles. The summed E-state index contributed by atoms with van der Waals surface area (Å²) in [5.41, 5.74) is 3.14. The summed E-state index contributed by atoms with van der Waals surface area (Å²) in [6.07, 6.45) is 2.42. The van der Waals surface area contributed by atoms with Gasteiger partial charge in [0.05, 0.1) is 12.8 Å². The molecule has 0 aliphatic heterocycles. The van der Waals surface area contributed by atoms with Gasteiger partial charge in [-0.3, -0.25) is 25.1 Å². The molecule has 7 nitrogen and oxygen atoms in total. The largest absolute Gasteiger partial charge is 0.466 e. The van der Waals surface area contributed by atoms with Crippen LogP contribution >= 0.6 is 0 Å². The molecule has 0 spiro atoms. The molecule has 0 unspecified atom stereocenters. The van der Waals surface area contributed by atoms with Crippen molar-refractivity contribution in [2.75, 3.05) is 12.6 Å². The molecular weight excluding hydrogens is 290 g/mol. The Bertz CT molecular complexity index is 620. The van der Waals surface area contributed by atoms with Gasteiger partial charge in [-0.05, 0) is 30.2 Å². The van der Waals surface area contributed by atoms with Crippen molar-refractivity contribution in [1.82, 2.24) is 0 Å². The fourth-order valence-electron chi connectivity index (χ4n) is 1.68. The quantitative estimate of drug-likeness (QED) is 0.243. The molecule has 1 aromatic carbocycles. The number of carbonyl (C=O) groups is 4. The predicted octanol–water partition coefficient (Wildman–Crippen LogP) is 1.10. The van der Waals surface area contributed by atoms with Crippen LogP contribution in [0.25, 0.3) is 0 Å².